The van der Waals surface area contributed by atoms with Crippen LogP contribution in [0.4, 0.5) is 8.78 Å². The lowest BCUT2D eigenvalue weighted by atomic mass is 10.0. The Balaban J connectivity index is 3.09. The van der Waals surface area contributed by atoms with Crippen LogP contribution in [0.15, 0.2) is 23.1 Å². The number of hydrogen-bond donors (Lipinski definition) is 2. The van der Waals surface area contributed by atoms with Gasteiger partial charge >= 0.3 is 5.97 Å². The van der Waals surface area contributed by atoms with E-state index >= 15 is 0 Å². The fraction of sp³-hybridized carbons (Fsp3) is 0.417. The van der Waals surface area contributed by atoms with Crippen molar-refractivity contribution in [1.29, 1.82) is 0 Å². The Morgan fingerprint density at radius 1 is 1.35 bits per heavy atom. The van der Waals surface area contributed by atoms with E-state index in [0.29, 0.717) is 12.1 Å². The number of halogens is 2. The van der Waals surface area contributed by atoms with Crippen molar-refractivity contribution in [2.45, 2.75) is 31.2 Å². The van der Waals surface area contributed by atoms with Crippen molar-refractivity contribution in [3.63, 3.8) is 0 Å². The zero-order valence-electron chi connectivity index (χ0n) is 10.9. The number of benzene rings is 1. The van der Waals surface area contributed by atoms with E-state index in [1.165, 1.54) is 0 Å². The van der Waals surface area contributed by atoms with Crippen LogP contribution in [0, 0.1) is 17.6 Å². The molecular formula is C12H15F2NO4S. The third-order valence-electron chi connectivity index (χ3n) is 2.69. The molecule has 0 bridgehead atoms. The smallest absolute Gasteiger partial charge is 0.304 e. The van der Waals surface area contributed by atoms with Gasteiger partial charge in [0.15, 0.2) is 0 Å². The van der Waals surface area contributed by atoms with Gasteiger partial charge in [0.2, 0.25) is 10.0 Å². The fourth-order valence-electron chi connectivity index (χ4n) is 1.55. The quantitative estimate of drug-likeness (QED) is 0.838. The van der Waals surface area contributed by atoms with Crippen LogP contribution in [0.5, 0.6) is 0 Å². The summed E-state index contributed by atoms with van der Waals surface area (Å²) in [4.78, 5) is 9.85. The van der Waals surface area contributed by atoms with Gasteiger partial charge in [0.25, 0.3) is 0 Å². The Morgan fingerprint density at radius 3 is 2.45 bits per heavy atom. The minimum absolute atomic E-state index is 0.322. The van der Waals surface area contributed by atoms with Gasteiger partial charge in [0.05, 0.1) is 6.42 Å². The number of carboxylic acids is 1. The topological polar surface area (TPSA) is 83.5 Å². The molecule has 0 heterocycles. The zero-order chi connectivity index (χ0) is 15.5. The summed E-state index contributed by atoms with van der Waals surface area (Å²) < 4.78 is 52.6. The molecule has 0 fully saturated rings. The second-order valence-corrected chi connectivity index (χ2v) is 6.33. The number of nitrogens with one attached hydrogen (secondary N) is 1. The molecule has 1 aromatic carbocycles. The molecule has 1 aromatic rings. The van der Waals surface area contributed by atoms with Crippen LogP contribution in [0.1, 0.15) is 20.3 Å². The van der Waals surface area contributed by atoms with Crippen LogP contribution in [-0.4, -0.2) is 25.5 Å². The number of sulfonamides is 1. The minimum atomic E-state index is -4.33. The normalized spacial score (nSPS) is 13.4. The third kappa shape index (κ3) is 4.24. The van der Waals surface area contributed by atoms with Gasteiger partial charge < -0.3 is 5.11 Å². The predicted octanol–water partition coefficient (Wildman–Crippen LogP) is 1.74. The first-order chi connectivity index (χ1) is 9.13. The molecule has 0 saturated heterocycles. The van der Waals surface area contributed by atoms with E-state index in [9.17, 15) is 22.0 Å². The van der Waals surface area contributed by atoms with Crippen molar-refractivity contribution >= 4 is 16.0 Å². The van der Waals surface area contributed by atoms with Gasteiger partial charge in [0, 0.05) is 6.04 Å². The molecule has 0 aliphatic heterocycles. The first-order valence-electron chi connectivity index (χ1n) is 5.82. The van der Waals surface area contributed by atoms with E-state index in [-0.39, 0.29) is 5.92 Å². The van der Waals surface area contributed by atoms with E-state index in [2.05, 4.69) is 4.72 Å². The maximum absolute atomic E-state index is 13.5. The summed E-state index contributed by atoms with van der Waals surface area (Å²) in [5.74, 6) is -3.51. The Morgan fingerprint density at radius 2 is 1.95 bits per heavy atom. The van der Waals surface area contributed by atoms with Gasteiger partial charge in [-0.3, -0.25) is 4.79 Å². The van der Waals surface area contributed by atoms with Gasteiger partial charge in [-0.05, 0) is 24.1 Å². The molecule has 20 heavy (non-hydrogen) atoms. The monoisotopic (exact) mass is 307 g/mol. The average Bonchev–Trinajstić information content (AvgIpc) is 2.30. The maximum atomic E-state index is 13.5. The van der Waals surface area contributed by atoms with Crippen LogP contribution >= 0.6 is 0 Å². The van der Waals surface area contributed by atoms with Crippen molar-refractivity contribution in [1.82, 2.24) is 4.72 Å². The molecule has 0 spiro atoms. The molecule has 0 aliphatic rings. The lowest BCUT2D eigenvalue weighted by Gasteiger charge is -2.20. The highest BCUT2D eigenvalue weighted by molar-refractivity contribution is 7.89. The van der Waals surface area contributed by atoms with Crippen LogP contribution in [0.2, 0.25) is 0 Å². The summed E-state index contributed by atoms with van der Waals surface area (Å²) in [6.45, 7) is 3.25. The van der Waals surface area contributed by atoms with Crippen LogP contribution in [-0.2, 0) is 14.8 Å². The molecule has 0 aliphatic carbocycles. The van der Waals surface area contributed by atoms with E-state index in [4.69, 9.17) is 5.11 Å². The third-order valence-corrected chi connectivity index (χ3v) is 4.19. The Labute approximate surface area is 115 Å². The molecule has 1 unspecified atom stereocenters. The van der Waals surface area contributed by atoms with Gasteiger partial charge in [-0.2, -0.15) is 0 Å². The zero-order valence-corrected chi connectivity index (χ0v) is 11.7. The number of hydrogen-bond acceptors (Lipinski definition) is 3. The first kappa shape index (κ1) is 16.5. The Hall–Kier alpha value is -1.54. The lowest BCUT2D eigenvalue weighted by Crippen LogP contribution is -2.40. The second-order valence-electron chi connectivity index (χ2n) is 4.64. The Bertz CT molecular complexity index is 601. The van der Waals surface area contributed by atoms with E-state index in [1.807, 2.05) is 0 Å². The molecule has 1 rings (SSSR count). The van der Waals surface area contributed by atoms with Crippen LogP contribution in [0.25, 0.3) is 0 Å². The summed E-state index contributed by atoms with van der Waals surface area (Å²) in [7, 11) is -4.33. The standard InChI is InChI=1S/C12H15F2NO4S/c1-7(2)10(6-12(16)17)15-20(18,19)11-5-8(13)3-4-9(11)14/h3-5,7,10,15H,6H2,1-2H3,(H,16,17). The van der Waals surface area contributed by atoms with Gasteiger partial charge in [0.1, 0.15) is 16.5 Å². The van der Waals surface area contributed by atoms with Gasteiger partial charge in [-0.25, -0.2) is 21.9 Å². The lowest BCUT2D eigenvalue weighted by molar-refractivity contribution is -0.137. The number of rotatable bonds is 6. The number of aliphatic carboxylic acids is 1. The van der Waals surface area contributed by atoms with Crippen molar-refractivity contribution in [2.24, 2.45) is 5.92 Å². The minimum Gasteiger partial charge on any atom is -0.481 e. The molecule has 112 valence electrons. The fourth-order valence-corrected chi connectivity index (χ4v) is 3.02. The van der Waals surface area contributed by atoms with E-state index in [0.717, 1.165) is 6.07 Å². The molecule has 5 nitrogen and oxygen atoms in total. The van der Waals surface area contributed by atoms with Crippen molar-refractivity contribution < 1.29 is 27.1 Å². The average molecular weight is 307 g/mol. The Kier molecular flexibility index (Phi) is 5.18. The number of carboxylic acid groups (broad SMARTS) is 1. The first-order valence-corrected chi connectivity index (χ1v) is 7.31. The molecule has 0 aromatic heterocycles. The highest BCUT2D eigenvalue weighted by Crippen LogP contribution is 2.18. The maximum Gasteiger partial charge on any atom is 0.304 e. The molecule has 0 amide bonds. The largest absolute Gasteiger partial charge is 0.481 e. The highest BCUT2D eigenvalue weighted by atomic mass is 32.2. The second kappa shape index (κ2) is 6.27. The summed E-state index contributed by atoms with van der Waals surface area (Å²) in [6, 6.07) is 1.13. The van der Waals surface area contributed by atoms with E-state index in [1.54, 1.807) is 13.8 Å². The molecule has 0 radical (unpaired) electrons. The van der Waals surface area contributed by atoms with Gasteiger partial charge in [-0.1, -0.05) is 13.8 Å². The SMILES string of the molecule is CC(C)C(CC(=O)O)NS(=O)(=O)c1cc(F)ccc1F. The van der Waals surface area contributed by atoms with Crippen molar-refractivity contribution in [3.8, 4) is 0 Å². The highest BCUT2D eigenvalue weighted by Gasteiger charge is 2.27. The molecule has 1 atom stereocenters. The van der Waals surface area contributed by atoms with Crippen LogP contribution in [0.3, 0.4) is 0 Å². The van der Waals surface area contributed by atoms with E-state index < -0.39 is 45.0 Å². The predicted molar refractivity (Wildman–Crippen MR) is 67.6 cm³/mol. The van der Waals surface area contributed by atoms with Crippen LogP contribution < -0.4 is 4.72 Å². The molecular weight excluding hydrogens is 292 g/mol. The number of carbonyl (C=O) groups is 1. The van der Waals surface area contributed by atoms with Crippen molar-refractivity contribution in [3.05, 3.63) is 29.8 Å². The summed E-state index contributed by atoms with van der Waals surface area (Å²) >= 11 is 0. The summed E-state index contributed by atoms with van der Waals surface area (Å²) in [6.07, 6.45) is -0.451. The van der Waals surface area contributed by atoms with Crippen molar-refractivity contribution in [2.75, 3.05) is 0 Å². The molecule has 8 heteroatoms. The summed E-state index contributed by atoms with van der Waals surface area (Å²) in [5, 5.41) is 8.73. The van der Waals surface area contributed by atoms with Gasteiger partial charge in [-0.15, -0.1) is 0 Å². The summed E-state index contributed by atoms with van der Waals surface area (Å²) in [5.41, 5.74) is 0. The molecule has 0 saturated carbocycles. The molecule has 2 N–H and O–H groups in total.